The zero-order valence-electron chi connectivity index (χ0n) is 12.8. The zero-order chi connectivity index (χ0) is 17.4. The molecule has 0 fully saturated rings. The molecule has 1 N–H and O–H groups in total. The van der Waals surface area contributed by atoms with Gasteiger partial charge in [-0.2, -0.15) is 0 Å². The van der Waals surface area contributed by atoms with Gasteiger partial charge in [0.25, 0.3) is 6.43 Å². The van der Waals surface area contributed by atoms with Crippen LogP contribution in [0.4, 0.5) is 13.2 Å². The molecule has 0 unspecified atom stereocenters. The van der Waals surface area contributed by atoms with Gasteiger partial charge in [-0.05, 0) is 72.1 Å². The average molecular weight is 389 g/mol. The first-order valence-corrected chi connectivity index (χ1v) is 7.67. The lowest BCUT2D eigenvalue weighted by Gasteiger charge is -2.20. The SMILES string of the molecule is Cc1cc(F)cc(C(F)F)c1Oc1ccc(C(C)(C)O)cc1Br. The van der Waals surface area contributed by atoms with Gasteiger partial charge in [-0.25, -0.2) is 13.2 Å². The Hall–Kier alpha value is -1.53. The number of halogens is 4. The van der Waals surface area contributed by atoms with E-state index in [4.69, 9.17) is 4.74 Å². The minimum Gasteiger partial charge on any atom is -0.455 e. The highest BCUT2D eigenvalue weighted by atomic mass is 79.9. The lowest BCUT2D eigenvalue weighted by atomic mass is 9.98. The second-order valence-corrected chi connectivity index (χ2v) is 6.60. The molecule has 0 aliphatic rings. The Labute approximate surface area is 141 Å². The van der Waals surface area contributed by atoms with Crippen LogP contribution in [0, 0.1) is 12.7 Å². The van der Waals surface area contributed by atoms with Crippen LogP contribution in [0.15, 0.2) is 34.8 Å². The van der Waals surface area contributed by atoms with Crippen LogP contribution >= 0.6 is 15.9 Å². The number of aliphatic hydroxyl groups is 1. The van der Waals surface area contributed by atoms with Gasteiger partial charge in [-0.3, -0.25) is 0 Å². The molecule has 124 valence electrons. The highest BCUT2D eigenvalue weighted by Crippen LogP contribution is 2.39. The van der Waals surface area contributed by atoms with Crippen molar-refractivity contribution >= 4 is 15.9 Å². The molecule has 0 atom stereocenters. The molecule has 0 amide bonds. The van der Waals surface area contributed by atoms with Gasteiger partial charge in [0.2, 0.25) is 0 Å². The molecule has 2 nitrogen and oxygen atoms in total. The summed E-state index contributed by atoms with van der Waals surface area (Å²) in [7, 11) is 0. The largest absolute Gasteiger partial charge is 0.455 e. The summed E-state index contributed by atoms with van der Waals surface area (Å²) in [6.07, 6.45) is -2.85. The van der Waals surface area contributed by atoms with Crippen LogP contribution in [0.5, 0.6) is 11.5 Å². The Morgan fingerprint density at radius 1 is 1.17 bits per heavy atom. The third kappa shape index (κ3) is 4.06. The van der Waals surface area contributed by atoms with E-state index in [1.165, 1.54) is 6.92 Å². The molecule has 0 saturated heterocycles. The van der Waals surface area contributed by atoms with E-state index in [9.17, 15) is 18.3 Å². The second-order valence-electron chi connectivity index (χ2n) is 5.75. The molecule has 2 aromatic rings. The first kappa shape index (κ1) is 17.8. The Morgan fingerprint density at radius 3 is 2.35 bits per heavy atom. The first-order valence-electron chi connectivity index (χ1n) is 6.88. The summed E-state index contributed by atoms with van der Waals surface area (Å²) in [5.41, 5.74) is -0.623. The van der Waals surface area contributed by atoms with Crippen LogP contribution in [-0.2, 0) is 5.60 Å². The number of aryl methyl sites for hydroxylation is 1. The van der Waals surface area contributed by atoms with Gasteiger partial charge in [-0.15, -0.1) is 0 Å². The van der Waals surface area contributed by atoms with Gasteiger partial charge in [-0.1, -0.05) is 6.07 Å². The molecule has 6 heteroatoms. The molecule has 2 aromatic carbocycles. The summed E-state index contributed by atoms with van der Waals surface area (Å²) >= 11 is 3.30. The summed E-state index contributed by atoms with van der Waals surface area (Å²) in [4.78, 5) is 0. The van der Waals surface area contributed by atoms with Crippen molar-refractivity contribution in [2.24, 2.45) is 0 Å². The van der Waals surface area contributed by atoms with Crippen molar-refractivity contribution in [1.82, 2.24) is 0 Å². The third-order valence-corrected chi connectivity index (χ3v) is 3.97. The van der Waals surface area contributed by atoms with E-state index in [1.54, 1.807) is 32.0 Å². The minimum absolute atomic E-state index is 0.0712. The van der Waals surface area contributed by atoms with Crippen molar-refractivity contribution in [3.8, 4) is 11.5 Å². The zero-order valence-corrected chi connectivity index (χ0v) is 14.4. The molecule has 2 rings (SSSR count). The standard InChI is InChI=1S/C17H16BrF3O2/c1-9-6-11(19)8-12(16(20)21)15(9)23-14-5-4-10(7-13(14)18)17(2,3)22/h4-8,16,22H,1-3H3. The molecule has 0 heterocycles. The highest BCUT2D eigenvalue weighted by Gasteiger charge is 2.21. The van der Waals surface area contributed by atoms with E-state index in [-0.39, 0.29) is 11.3 Å². The molecule has 0 aromatic heterocycles. The fourth-order valence-corrected chi connectivity index (χ4v) is 2.59. The number of ether oxygens (including phenoxy) is 1. The smallest absolute Gasteiger partial charge is 0.267 e. The number of benzene rings is 2. The highest BCUT2D eigenvalue weighted by molar-refractivity contribution is 9.10. The van der Waals surface area contributed by atoms with Gasteiger partial charge in [0, 0.05) is 0 Å². The van der Waals surface area contributed by atoms with Gasteiger partial charge < -0.3 is 9.84 Å². The predicted molar refractivity (Wildman–Crippen MR) is 85.6 cm³/mol. The van der Waals surface area contributed by atoms with Crippen molar-refractivity contribution in [1.29, 1.82) is 0 Å². The molecule has 0 bridgehead atoms. The van der Waals surface area contributed by atoms with Crippen LogP contribution in [0.25, 0.3) is 0 Å². The lowest BCUT2D eigenvalue weighted by molar-refractivity contribution is 0.0785. The molecule has 0 aliphatic carbocycles. The maximum Gasteiger partial charge on any atom is 0.267 e. The van der Waals surface area contributed by atoms with Crippen LogP contribution in [0.3, 0.4) is 0 Å². The first-order chi connectivity index (χ1) is 10.6. The van der Waals surface area contributed by atoms with E-state index >= 15 is 0 Å². The number of hydrogen-bond acceptors (Lipinski definition) is 2. The van der Waals surface area contributed by atoms with Crippen LogP contribution < -0.4 is 4.74 Å². The van der Waals surface area contributed by atoms with Gasteiger partial charge >= 0.3 is 0 Å². The van der Waals surface area contributed by atoms with E-state index in [0.29, 0.717) is 15.8 Å². The van der Waals surface area contributed by atoms with Crippen molar-refractivity contribution in [2.45, 2.75) is 32.8 Å². The number of alkyl halides is 2. The van der Waals surface area contributed by atoms with Crippen molar-refractivity contribution in [2.75, 3.05) is 0 Å². The fourth-order valence-electron chi connectivity index (χ4n) is 2.13. The summed E-state index contributed by atoms with van der Waals surface area (Å²) in [5.74, 6) is -0.505. The number of hydrogen-bond donors (Lipinski definition) is 1. The van der Waals surface area contributed by atoms with E-state index in [0.717, 1.165) is 12.1 Å². The molecular weight excluding hydrogens is 373 g/mol. The van der Waals surface area contributed by atoms with E-state index in [1.807, 2.05) is 0 Å². The third-order valence-electron chi connectivity index (χ3n) is 3.35. The van der Waals surface area contributed by atoms with Crippen molar-refractivity contribution < 1.29 is 23.0 Å². The molecule has 0 saturated carbocycles. The molecule has 0 spiro atoms. The number of rotatable bonds is 4. The average Bonchev–Trinajstić information content (AvgIpc) is 2.41. The quantitative estimate of drug-likeness (QED) is 0.711. The van der Waals surface area contributed by atoms with Gasteiger partial charge in [0.1, 0.15) is 17.3 Å². The minimum atomic E-state index is -2.85. The van der Waals surface area contributed by atoms with Crippen molar-refractivity contribution in [3.05, 3.63) is 57.3 Å². The monoisotopic (exact) mass is 388 g/mol. The topological polar surface area (TPSA) is 29.5 Å². The molecule has 0 radical (unpaired) electrons. The summed E-state index contributed by atoms with van der Waals surface area (Å²) in [6, 6.07) is 6.76. The van der Waals surface area contributed by atoms with E-state index in [2.05, 4.69) is 15.9 Å². The lowest BCUT2D eigenvalue weighted by Crippen LogP contribution is -2.15. The van der Waals surface area contributed by atoms with E-state index < -0.39 is 23.4 Å². The Kier molecular flexibility index (Phi) is 5.06. The van der Waals surface area contributed by atoms with Crippen LogP contribution in [-0.4, -0.2) is 5.11 Å². The maximum atomic E-state index is 13.3. The molecule has 23 heavy (non-hydrogen) atoms. The predicted octanol–water partition coefficient (Wildman–Crippen LogP) is 5.85. The Bertz CT molecular complexity index is 725. The van der Waals surface area contributed by atoms with Gasteiger partial charge in [0.15, 0.2) is 0 Å². The maximum absolute atomic E-state index is 13.3. The summed E-state index contributed by atoms with van der Waals surface area (Å²) in [5, 5.41) is 9.98. The normalized spacial score (nSPS) is 11.9. The molecule has 0 aliphatic heterocycles. The van der Waals surface area contributed by atoms with Gasteiger partial charge in [0.05, 0.1) is 15.6 Å². The van der Waals surface area contributed by atoms with Crippen molar-refractivity contribution in [3.63, 3.8) is 0 Å². The molecular formula is C17H16BrF3O2. The van der Waals surface area contributed by atoms with Crippen LogP contribution in [0.2, 0.25) is 0 Å². The Morgan fingerprint density at radius 2 is 1.83 bits per heavy atom. The van der Waals surface area contributed by atoms with Crippen LogP contribution in [0.1, 0.15) is 37.0 Å². The summed E-state index contributed by atoms with van der Waals surface area (Å²) in [6.45, 7) is 4.77. The summed E-state index contributed by atoms with van der Waals surface area (Å²) < 4.78 is 45.7. The Balaban J connectivity index is 2.44. The second kappa shape index (κ2) is 6.53. The fraction of sp³-hybridized carbons (Fsp3) is 0.294.